The average molecular weight is 286 g/mol. The number of rotatable bonds is 6. The Bertz CT molecular complexity index is 533. The minimum Gasteiger partial charge on any atom is -0.303 e. The van der Waals surface area contributed by atoms with Gasteiger partial charge in [-0.1, -0.05) is 60.1 Å². The Balaban J connectivity index is 2.13. The lowest BCUT2D eigenvalue weighted by atomic mass is 10.0. The van der Waals surface area contributed by atoms with Gasteiger partial charge in [0, 0.05) is 17.1 Å². The fraction of sp³-hybridized carbons (Fsp3) is 0.222. The van der Waals surface area contributed by atoms with E-state index >= 15 is 0 Å². The first-order chi connectivity index (χ1) is 9.70. The van der Waals surface area contributed by atoms with E-state index in [1.54, 1.807) is 0 Å². The average Bonchev–Trinajstić information content (AvgIpc) is 2.48. The fourth-order valence-electron chi connectivity index (χ4n) is 2.30. The number of nitrogens with one attached hydrogen (secondary N) is 1. The maximum atomic E-state index is 5.95. The van der Waals surface area contributed by atoms with Crippen molar-refractivity contribution in [3.63, 3.8) is 0 Å². The molecule has 2 aromatic carbocycles. The van der Waals surface area contributed by atoms with E-state index < -0.39 is 0 Å². The van der Waals surface area contributed by atoms with Crippen molar-refractivity contribution in [2.75, 3.05) is 0 Å². The molecule has 0 aromatic heterocycles. The van der Waals surface area contributed by atoms with Gasteiger partial charge in [-0.2, -0.15) is 0 Å². The van der Waals surface area contributed by atoms with Crippen LogP contribution in [0, 0.1) is 0 Å². The zero-order valence-electron chi connectivity index (χ0n) is 11.7. The molecule has 0 saturated heterocycles. The Morgan fingerprint density at radius 2 is 1.70 bits per heavy atom. The lowest BCUT2D eigenvalue weighted by molar-refractivity contribution is 0.470. The first-order valence-electron chi connectivity index (χ1n) is 6.88. The third-order valence-electron chi connectivity index (χ3n) is 3.43. The zero-order chi connectivity index (χ0) is 14.4. The monoisotopic (exact) mass is 285 g/mol. The first kappa shape index (κ1) is 14.8. The van der Waals surface area contributed by atoms with Gasteiger partial charge in [0.05, 0.1) is 0 Å². The van der Waals surface area contributed by atoms with E-state index in [1.165, 1.54) is 11.1 Å². The van der Waals surface area contributed by atoms with Crippen LogP contribution in [0.2, 0.25) is 5.02 Å². The van der Waals surface area contributed by atoms with Crippen molar-refractivity contribution >= 4 is 11.6 Å². The minimum atomic E-state index is 0.250. The van der Waals surface area contributed by atoms with Crippen LogP contribution in [0.15, 0.2) is 67.3 Å². The van der Waals surface area contributed by atoms with Crippen LogP contribution in [0.4, 0.5) is 0 Å². The number of benzene rings is 2. The molecular formula is C18H20ClN. The van der Waals surface area contributed by atoms with Crippen LogP contribution in [0.25, 0.3) is 0 Å². The molecule has 104 valence electrons. The van der Waals surface area contributed by atoms with Crippen LogP contribution in [-0.4, -0.2) is 0 Å². The summed E-state index contributed by atoms with van der Waals surface area (Å²) in [6, 6.07) is 19.0. The molecule has 0 heterocycles. The Morgan fingerprint density at radius 3 is 2.30 bits per heavy atom. The van der Waals surface area contributed by atoms with Crippen LogP contribution >= 0.6 is 11.6 Å². The highest BCUT2D eigenvalue weighted by molar-refractivity contribution is 6.30. The SMILES string of the molecule is C=CC[C@H](N[C@H](C)c1ccccc1)c1ccc(Cl)cc1. The number of hydrogen-bond donors (Lipinski definition) is 1. The summed E-state index contributed by atoms with van der Waals surface area (Å²) in [7, 11) is 0. The van der Waals surface area contributed by atoms with E-state index in [0.29, 0.717) is 0 Å². The van der Waals surface area contributed by atoms with Crippen molar-refractivity contribution in [3.05, 3.63) is 83.4 Å². The molecule has 0 spiro atoms. The predicted octanol–water partition coefficient (Wildman–Crippen LogP) is 5.31. The normalized spacial score (nSPS) is 13.7. The molecule has 0 aliphatic rings. The van der Waals surface area contributed by atoms with Crippen LogP contribution in [-0.2, 0) is 0 Å². The molecule has 2 aromatic rings. The zero-order valence-corrected chi connectivity index (χ0v) is 12.5. The van der Waals surface area contributed by atoms with Gasteiger partial charge in [0.2, 0.25) is 0 Å². The van der Waals surface area contributed by atoms with Crippen molar-refractivity contribution in [1.29, 1.82) is 0 Å². The van der Waals surface area contributed by atoms with Crippen LogP contribution in [0.3, 0.4) is 0 Å². The Labute approximate surface area is 126 Å². The maximum absolute atomic E-state index is 5.95. The van der Waals surface area contributed by atoms with Gasteiger partial charge >= 0.3 is 0 Å². The molecule has 2 heteroatoms. The summed E-state index contributed by atoms with van der Waals surface area (Å²) in [5, 5.41) is 4.42. The summed E-state index contributed by atoms with van der Waals surface area (Å²) in [5.74, 6) is 0. The molecular weight excluding hydrogens is 266 g/mol. The van der Waals surface area contributed by atoms with Gasteiger partial charge in [0.25, 0.3) is 0 Å². The van der Waals surface area contributed by atoms with Gasteiger partial charge in [-0.15, -0.1) is 6.58 Å². The molecule has 1 nitrogen and oxygen atoms in total. The summed E-state index contributed by atoms with van der Waals surface area (Å²) in [6.45, 7) is 6.04. The van der Waals surface area contributed by atoms with Gasteiger partial charge in [-0.25, -0.2) is 0 Å². The standard InChI is InChI=1S/C18H20ClN/c1-3-7-18(16-10-12-17(19)13-11-16)20-14(2)15-8-5-4-6-9-15/h3-6,8-14,18,20H,1,7H2,2H3/t14-,18+/m1/s1. The summed E-state index contributed by atoms with van der Waals surface area (Å²) in [5.41, 5.74) is 2.52. The highest BCUT2D eigenvalue weighted by Crippen LogP contribution is 2.23. The lowest BCUT2D eigenvalue weighted by Crippen LogP contribution is -2.24. The molecule has 0 unspecified atom stereocenters. The molecule has 0 fully saturated rings. The van der Waals surface area contributed by atoms with Gasteiger partial charge < -0.3 is 5.32 Å². The molecule has 0 radical (unpaired) electrons. The quantitative estimate of drug-likeness (QED) is 0.709. The van der Waals surface area contributed by atoms with E-state index in [4.69, 9.17) is 11.6 Å². The predicted molar refractivity (Wildman–Crippen MR) is 87.0 cm³/mol. The van der Waals surface area contributed by atoms with Gasteiger partial charge in [-0.05, 0) is 36.6 Å². The Hall–Kier alpha value is -1.57. The third-order valence-corrected chi connectivity index (χ3v) is 3.68. The highest BCUT2D eigenvalue weighted by atomic mass is 35.5. The summed E-state index contributed by atoms with van der Waals surface area (Å²) >= 11 is 5.95. The molecule has 2 rings (SSSR count). The Morgan fingerprint density at radius 1 is 1.05 bits per heavy atom. The minimum absolute atomic E-state index is 0.250. The van der Waals surface area contributed by atoms with E-state index in [0.717, 1.165) is 11.4 Å². The molecule has 0 amide bonds. The van der Waals surface area contributed by atoms with Crippen molar-refractivity contribution in [2.45, 2.75) is 25.4 Å². The van der Waals surface area contributed by atoms with Gasteiger partial charge in [0.1, 0.15) is 0 Å². The number of halogens is 1. The highest BCUT2D eigenvalue weighted by Gasteiger charge is 2.14. The second-order valence-corrected chi connectivity index (χ2v) is 5.36. The Kier molecular flexibility index (Phi) is 5.40. The van der Waals surface area contributed by atoms with E-state index in [-0.39, 0.29) is 12.1 Å². The van der Waals surface area contributed by atoms with E-state index in [2.05, 4.69) is 55.2 Å². The fourth-order valence-corrected chi connectivity index (χ4v) is 2.43. The largest absolute Gasteiger partial charge is 0.303 e. The molecule has 1 N–H and O–H groups in total. The molecule has 20 heavy (non-hydrogen) atoms. The molecule has 2 atom stereocenters. The molecule has 0 bridgehead atoms. The summed E-state index contributed by atoms with van der Waals surface area (Å²) in [4.78, 5) is 0. The topological polar surface area (TPSA) is 12.0 Å². The van der Waals surface area contributed by atoms with Crippen molar-refractivity contribution in [3.8, 4) is 0 Å². The molecule has 0 aliphatic heterocycles. The third kappa shape index (κ3) is 3.96. The van der Waals surface area contributed by atoms with Gasteiger partial charge in [-0.3, -0.25) is 0 Å². The van der Waals surface area contributed by atoms with Crippen LogP contribution < -0.4 is 5.32 Å². The summed E-state index contributed by atoms with van der Waals surface area (Å²) < 4.78 is 0. The van der Waals surface area contributed by atoms with Gasteiger partial charge in [0.15, 0.2) is 0 Å². The number of hydrogen-bond acceptors (Lipinski definition) is 1. The van der Waals surface area contributed by atoms with Crippen LogP contribution in [0.5, 0.6) is 0 Å². The van der Waals surface area contributed by atoms with Crippen molar-refractivity contribution < 1.29 is 0 Å². The van der Waals surface area contributed by atoms with Crippen LogP contribution in [0.1, 0.15) is 36.6 Å². The van der Waals surface area contributed by atoms with Crippen molar-refractivity contribution in [1.82, 2.24) is 5.32 Å². The summed E-state index contributed by atoms with van der Waals surface area (Å²) in [6.07, 6.45) is 2.84. The van der Waals surface area contributed by atoms with E-state index in [9.17, 15) is 0 Å². The first-order valence-corrected chi connectivity index (χ1v) is 7.26. The smallest absolute Gasteiger partial charge is 0.0406 e. The second-order valence-electron chi connectivity index (χ2n) is 4.93. The molecule has 0 aliphatic carbocycles. The van der Waals surface area contributed by atoms with Crippen molar-refractivity contribution in [2.24, 2.45) is 0 Å². The lowest BCUT2D eigenvalue weighted by Gasteiger charge is -2.23. The van der Waals surface area contributed by atoms with E-state index in [1.807, 2.05) is 24.3 Å². The molecule has 0 saturated carbocycles. The maximum Gasteiger partial charge on any atom is 0.0406 e. The second kappa shape index (κ2) is 7.28.